The van der Waals surface area contributed by atoms with Gasteiger partial charge in [0.25, 0.3) is 0 Å². The summed E-state index contributed by atoms with van der Waals surface area (Å²) in [5.74, 6) is 0.917. The van der Waals surface area contributed by atoms with E-state index >= 15 is 0 Å². The zero-order chi connectivity index (χ0) is 18.7. The van der Waals surface area contributed by atoms with Crippen LogP contribution < -0.4 is 5.32 Å². The fraction of sp³-hybridized carbons (Fsp3) is 0.526. The fourth-order valence-corrected chi connectivity index (χ4v) is 3.41. The Bertz CT molecular complexity index is 796. The molecule has 2 aromatic rings. The lowest BCUT2D eigenvalue weighted by atomic mass is 9.99. The lowest BCUT2D eigenvalue weighted by molar-refractivity contribution is -0.129. The fourth-order valence-electron chi connectivity index (χ4n) is 3.41. The van der Waals surface area contributed by atoms with Gasteiger partial charge in [0.15, 0.2) is 0 Å². The Kier molecular flexibility index (Phi) is 5.56. The minimum Gasteiger partial charge on any atom is -0.365 e. The Balaban J connectivity index is 1.70. The zero-order valence-electron chi connectivity index (χ0n) is 16.0. The maximum absolute atomic E-state index is 12.6. The van der Waals surface area contributed by atoms with Crippen LogP contribution in [0, 0.1) is 6.92 Å². The minimum atomic E-state index is 0.0801. The third-order valence-electron chi connectivity index (χ3n) is 4.90. The van der Waals surface area contributed by atoms with E-state index in [0.29, 0.717) is 6.54 Å². The first-order valence-corrected chi connectivity index (χ1v) is 9.12. The lowest BCUT2D eigenvalue weighted by Gasteiger charge is -2.38. The first-order valence-electron chi connectivity index (χ1n) is 9.12. The van der Waals surface area contributed by atoms with Crippen molar-refractivity contribution in [3.63, 3.8) is 0 Å². The van der Waals surface area contributed by atoms with Gasteiger partial charge in [0.05, 0.1) is 5.39 Å². The summed E-state index contributed by atoms with van der Waals surface area (Å²) in [5, 5.41) is 4.56. The van der Waals surface area contributed by atoms with Gasteiger partial charge >= 0.3 is 0 Å². The second-order valence-corrected chi connectivity index (χ2v) is 7.34. The van der Waals surface area contributed by atoms with Crippen molar-refractivity contribution in [3.8, 4) is 0 Å². The van der Waals surface area contributed by atoms with Crippen LogP contribution in [-0.4, -0.2) is 69.9 Å². The third-order valence-corrected chi connectivity index (χ3v) is 4.90. The van der Waals surface area contributed by atoms with Crippen LogP contribution in [0.25, 0.3) is 11.0 Å². The topological polar surface area (TPSA) is 77.1 Å². The van der Waals surface area contributed by atoms with Crippen LogP contribution in [0.15, 0.2) is 24.7 Å². The molecule has 2 aromatic heterocycles. The standard InChI is InChI=1S/C19H28N6O/c1-13-10-20-18-17(13)19(22-12-21-18)23-15-8-7-14(2)25(11-15)16(26)6-5-9-24(3)4/h5-6,10,12,14-15H,7-9,11H2,1-4H3,(H2,20,21,22,23)/b6-5+/t14-,15+/m0/s1. The first-order chi connectivity index (χ1) is 12.5. The molecular formula is C19H28N6O. The Morgan fingerprint density at radius 1 is 1.42 bits per heavy atom. The van der Waals surface area contributed by atoms with Crippen molar-refractivity contribution in [2.45, 2.75) is 38.8 Å². The molecule has 1 aliphatic rings. The number of likely N-dealkylation sites (N-methyl/N-ethyl adjacent to an activating group) is 1. The highest BCUT2D eigenvalue weighted by Crippen LogP contribution is 2.26. The van der Waals surface area contributed by atoms with Crippen molar-refractivity contribution in [2.75, 3.05) is 32.5 Å². The van der Waals surface area contributed by atoms with Gasteiger partial charge in [-0.15, -0.1) is 0 Å². The van der Waals surface area contributed by atoms with Crippen molar-refractivity contribution >= 4 is 22.8 Å². The summed E-state index contributed by atoms with van der Waals surface area (Å²) >= 11 is 0. The maximum atomic E-state index is 12.6. The van der Waals surface area contributed by atoms with Crippen molar-refractivity contribution in [1.29, 1.82) is 0 Å². The highest BCUT2D eigenvalue weighted by atomic mass is 16.2. The molecule has 3 rings (SSSR count). The monoisotopic (exact) mass is 356 g/mol. The number of carbonyl (C=O) groups is 1. The summed E-state index contributed by atoms with van der Waals surface area (Å²) < 4.78 is 0. The van der Waals surface area contributed by atoms with Crippen LogP contribution in [0.5, 0.6) is 0 Å². The molecule has 3 heterocycles. The average molecular weight is 356 g/mol. The summed E-state index contributed by atoms with van der Waals surface area (Å²) in [6.07, 6.45) is 9.12. The van der Waals surface area contributed by atoms with Gasteiger partial charge in [-0.05, 0) is 46.3 Å². The Labute approximate surface area is 154 Å². The van der Waals surface area contributed by atoms with Crippen molar-refractivity contribution in [3.05, 3.63) is 30.2 Å². The predicted octanol–water partition coefficient (Wildman–Crippen LogP) is 2.18. The SMILES string of the molecule is Cc1c[nH]c2ncnc(N[C@@H]3CC[C@H](C)N(C(=O)/C=C/CN(C)C)C3)c12. The van der Waals surface area contributed by atoms with Gasteiger partial charge < -0.3 is 20.1 Å². The van der Waals surface area contributed by atoms with E-state index in [9.17, 15) is 4.79 Å². The number of aromatic nitrogens is 3. The molecule has 1 saturated heterocycles. The number of H-pyrrole nitrogens is 1. The van der Waals surface area contributed by atoms with Gasteiger partial charge in [-0.2, -0.15) is 0 Å². The second kappa shape index (κ2) is 7.86. The summed E-state index contributed by atoms with van der Waals surface area (Å²) in [6.45, 7) is 5.61. The van der Waals surface area contributed by atoms with E-state index in [1.54, 1.807) is 12.4 Å². The molecule has 26 heavy (non-hydrogen) atoms. The van der Waals surface area contributed by atoms with Gasteiger partial charge in [-0.1, -0.05) is 6.08 Å². The summed E-state index contributed by atoms with van der Waals surface area (Å²) in [7, 11) is 3.98. The number of anilines is 1. The number of rotatable bonds is 5. The molecule has 7 heteroatoms. The molecule has 0 aliphatic carbocycles. The van der Waals surface area contributed by atoms with E-state index in [2.05, 4.69) is 27.2 Å². The van der Waals surface area contributed by atoms with Crippen LogP contribution in [-0.2, 0) is 4.79 Å². The molecule has 2 N–H and O–H groups in total. The number of aryl methyl sites for hydroxylation is 1. The number of nitrogens with one attached hydrogen (secondary N) is 2. The molecule has 140 valence electrons. The van der Waals surface area contributed by atoms with Crippen LogP contribution >= 0.6 is 0 Å². The van der Waals surface area contributed by atoms with Crippen LogP contribution in [0.4, 0.5) is 5.82 Å². The first kappa shape index (κ1) is 18.4. The number of nitrogens with zero attached hydrogens (tertiary/aromatic N) is 4. The number of hydrogen-bond donors (Lipinski definition) is 2. The van der Waals surface area contributed by atoms with Gasteiger partial charge in [-0.25, -0.2) is 9.97 Å². The summed E-state index contributed by atoms with van der Waals surface area (Å²) in [4.78, 5) is 28.4. The van der Waals surface area contributed by atoms with Gasteiger partial charge in [0, 0.05) is 37.4 Å². The number of fused-ring (bicyclic) bond motifs is 1. The van der Waals surface area contributed by atoms with E-state index in [0.717, 1.165) is 41.8 Å². The predicted molar refractivity (Wildman–Crippen MR) is 104 cm³/mol. The molecule has 0 spiro atoms. The lowest BCUT2D eigenvalue weighted by Crippen LogP contribution is -2.49. The maximum Gasteiger partial charge on any atom is 0.246 e. The molecule has 1 fully saturated rings. The molecule has 1 aliphatic heterocycles. The van der Waals surface area contributed by atoms with E-state index in [1.165, 1.54) is 0 Å². The number of amides is 1. The van der Waals surface area contributed by atoms with Gasteiger partial charge in [0.2, 0.25) is 5.91 Å². The number of aromatic amines is 1. The molecule has 0 saturated carbocycles. The van der Waals surface area contributed by atoms with Crippen molar-refractivity contribution < 1.29 is 4.79 Å². The Morgan fingerprint density at radius 3 is 3.00 bits per heavy atom. The largest absolute Gasteiger partial charge is 0.365 e. The van der Waals surface area contributed by atoms with E-state index < -0.39 is 0 Å². The van der Waals surface area contributed by atoms with Crippen LogP contribution in [0.2, 0.25) is 0 Å². The Morgan fingerprint density at radius 2 is 2.23 bits per heavy atom. The van der Waals surface area contributed by atoms with Gasteiger partial charge in [0.1, 0.15) is 17.8 Å². The minimum absolute atomic E-state index is 0.0801. The number of piperidine rings is 1. The number of carbonyl (C=O) groups excluding carboxylic acids is 1. The molecule has 7 nitrogen and oxygen atoms in total. The molecule has 0 unspecified atom stereocenters. The smallest absolute Gasteiger partial charge is 0.246 e. The molecule has 0 bridgehead atoms. The van der Waals surface area contributed by atoms with Gasteiger partial charge in [-0.3, -0.25) is 4.79 Å². The highest BCUT2D eigenvalue weighted by molar-refractivity contribution is 5.90. The zero-order valence-corrected chi connectivity index (χ0v) is 16.0. The van der Waals surface area contributed by atoms with Crippen molar-refractivity contribution in [2.24, 2.45) is 0 Å². The summed E-state index contributed by atoms with van der Waals surface area (Å²) in [6, 6.07) is 0.439. The summed E-state index contributed by atoms with van der Waals surface area (Å²) in [5.41, 5.74) is 1.95. The molecule has 0 radical (unpaired) electrons. The quantitative estimate of drug-likeness (QED) is 0.803. The molecule has 1 amide bonds. The van der Waals surface area contributed by atoms with Crippen LogP contribution in [0.1, 0.15) is 25.3 Å². The normalized spacial score (nSPS) is 21.0. The van der Waals surface area contributed by atoms with E-state index in [1.807, 2.05) is 43.1 Å². The third kappa shape index (κ3) is 4.04. The molecule has 0 aromatic carbocycles. The van der Waals surface area contributed by atoms with Crippen molar-refractivity contribution in [1.82, 2.24) is 24.8 Å². The average Bonchev–Trinajstić information content (AvgIpc) is 2.98. The number of hydrogen-bond acceptors (Lipinski definition) is 5. The molecular weight excluding hydrogens is 328 g/mol. The number of likely N-dealkylation sites (tertiary alicyclic amines) is 1. The van der Waals surface area contributed by atoms with E-state index in [-0.39, 0.29) is 18.0 Å². The Hall–Kier alpha value is -2.41. The highest BCUT2D eigenvalue weighted by Gasteiger charge is 2.28. The second-order valence-electron chi connectivity index (χ2n) is 7.34. The van der Waals surface area contributed by atoms with Crippen LogP contribution in [0.3, 0.4) is 0 Å². The molecule has 2 atom stereocenters. The van der Waals surface area contributed by atoms with E-state index in [4.69, 9.17) is 0 Å².